The standard InChI is InChI=1S/C23H31N5O2/c29-23(19-30-18-20-8-4-3-5-9-20)28-16-14-27(15-17-28)22-11-10-21(24-25-22)26-12-6-1-2-7-13-26/h3-5,8-11H,1-2,6-7,12-19H2. The number of carbonyl (C=O) groups is 1. The highest BCUT2D eigenvalue weighted by molar-refractivity contribution is 5.77. The zero-order valence-electron chi connectivity index (χ0n) is 17.6. The van der Waals surface area contributed by atoms with Crippen molar-refractivity contribution >= 4 is 17.5 Å². The zero-order valence-corrected chi connectivity index (χ0v) is 17.6. The highest BCUT2D eigenvalue weighted by Crippen LogP contribution is 2.19. The maximum Gasteiger partial charge on any atom is 0.248 e. The molecule has 7 heteroatoms. The van der Waals surface area contributed by atoms with Crippen molar-refractivity contribution in [3.63, 3.8) is 0 Å². The minimum atomic E-state index is 0.0492. The molecule has 2 aromatic rings. The van der Waals surface area contributed by atoms with Crippen LogP contribution < -0.4 is 9.80 Å². The van der Waals surface area contributed by atoms with Crippen LogP contribution >= 0.6 is 0 Å². The van der Waals surface area contributed by atoms with E-state index >= 15 is 0 Å². The average molecular weight is 410 g/mol. The summed E-state index contributed by atoms with van der Waals surface area (Å²) in [6.45, 7) is 5.63. The lowest BCUT2D eigenvalue weighted by Gasteiger charge is -2.35. The summed E-state index contributed by atoms with van der Waals surface area (Å²) in [6.07, 6.45) is 5.08. The summed E-state index contributed by atoms with van der Waals surface area (Å²) in [6, 6.07) is 14.1. The molecule has 1 amide bonds. The van der Waals surface area contributed by atoms with E-state index in [1.165, 1.54) is 25.7 Å². The van der Waals surface area contributed by atoms with Crippen molar-refractivity contribution in [2.75, 3.05) is 55.7 Å². The van der Waals surface area contributed by atoms with Crippen LogP contribution in [0.1, 0.15) is 31.2 Å². The Balaban J connectivity index is 1.22. The first-order valence-corrected chi connectivity index (χ1v) is 11.0. The molecule has 0 atom stereocenters. The molecule has 0 aliphatic carbocycles. The van der Waals surface area contributed by atoms with E-state index in [9.17, 15) is 4.79 Å². The van der Waals surface area contributed by atoms with Crippen molar-refractivity contribution in [3.05, 3.63) is 48.0 Å². The van der Waals surface area contributed by atoms with Gasteiger partial charge in [0.2, 0.25) is 5.91 Å². The maximum absolute atomic E-state index is 12.4. The SMILES string of the molecule is O=C(COCc1ccccc1)N1CCN(c2ccc(N3CCCCCC3)nn2)CC1. The van der Waals surface area contributed by atoms with E-state index < -0.39 is 0 Å². The van der Waals surface area contributed by atoms with E-state index in [-0.39, 0.29) is 12.5 Å². The molecular weight excluding hydrogens is 378 g/mol. The molecule has 1 aromatic heterocycles. The first-order valence-electron chi connectivity index (χ1n) is 11.0. The molecular formula is C23H31N5O2. The normalized spacial score (nSPS) is 17.7. The van der Waals surface area contributed by atoms with Crippen LogP contribution in [0.2, 0.25) is 0 Å². The average Bonchev–Trinajstić information content (AvgIpc) is 3.10. The Morgan fingerprint density at radius 3 is 1.97 bits per heavy atom. The number of hydrogen-bond donors (Lipinski definition) is 0. The van der Waals surface area contributed by atoms with Crippen molar-refractivity contribution in [1.82, 2.24) is 15.1 Å². The number of carbonyl (C=O) groups excluding carboxylic acids is 1. The number of hydrogen-bond acceptors (Lipinski definition) is 6. The molecule has 0 bridgehead atoms. The van der Waals surface area contributed by atoms with Crippen LogP contribution in [0.15, 0.2) is 42.5 Å². The Kier molecular flexibility index (Phi) is 7.13. The summed E-state index contributed by atoms with van der Waals surface area (Å²) in [4.78, 5) is 18.8. The molecule has 3 heterocycles. The van der Waals surface area contributed by atoms with Crippen molar-refractivity contribution < 1.29 is 9.53 Å². The Morgan fingerprint density at radius 1 is 0.767 bits per heavy atom. The summed E-state index contributed by atoms with van der Waals surface area (Å²) in [7, 11) is 0. The monoisotopic (exact) mass is 409 g/mol. The Hall–Kier alpha value is -2.67. The zero-order chi connectivity index (χ0) is 20.6. The molecule has 160 valence electrons. The summed E-state index contributed by atoms with van der Waals surface area (Å²) in [5, 5.41) is 8.94. The molecule has 0 unspecified atom stereocenters. The topological polar surface area (TPSA) is 61.8 Å². The van der Waals surface area contributed by atoms with Crippen LogP contribution in [0.5, 0.6) is 0 Å². The van der Waals surface area contributed by atoms with Gasteiger partial charge in [0, 0.05) is 39.3 Å². The van der Waals surface area contributed by atoms with E-state index in [1.807, 2.05) is 35.2 Å². The second-order valence-electron chi connectivity index (χ2n) is 8.00. The molecule has 2 fully saturated rings. The van der Waals surface area contributed by atoms with Crippen LogP contribution in [0.4, 0.5) is 11.6 Å². The fraction of sp³-hybridized carbons (Fsp3) is 0.522. The smallest absolute Gasteiger partial charge is 0.248 e. The van der Waals surface area contributed by atoms with E-state index in [2.05, 4.69) is 32.1 Å². The highest BCUT2D eigenvalue weighted by Gasteiger charge is 2.22. The number of nitrogens with zero attached hydrogens (tertiary/aromatic N) is 5. The third-order valence-corrected chi connectivity index (χ3v) is 5.86. The van der Waals surface area contributed by atoms with E-state index in [0.717, 1.165) is 43.4 Å². The molecule has 30 heavy (non-hydrogen) atoms. The minimum Gasteiger partial charge on any atom is -0.367 e. The number of benzene rings is 1. The van der Waals surface area contributed by atoms with Crippen molar-refractivity contribution in [2.45, 2.75) is 32.3 Å². The van der Waals surface area contributed by atoms with Gasteiger partial charge in [-0.3, -0.25) is 4.79 Å². The van der Waals surface area contributed by atoms with Crippen LogP contribution in [0.3, 0.4) is 0 Å². The molecule has 2 aliphatic heterocycles. The Labute approximate surface area is 178 Å². The summed E-state index contributed by atoms with van der Waals surface area (Å²) < 4.78 is 5.59. The van der Waals surface area contributed by atoms with E-state index in [0.29, 0.717) is 19.7 Å². The van der Waals surface area contributed by atoms with Gasteiger partial charge in [-0.2, -0.15) is 0 Å². The Bertz CT molecular complexity index is 783. The lowest BCUT2D eigenvalue weighted by Crippen LogP contribution is -2.50. The molecule has 0 saturated carbocycles. The van der Waals surface area contributed by atoms with Crippen LogP contribution in [-0.2, 0) is 16.1 Å². The number of aromatic nitrogens is 2. The van der Waals surface area contributed by atoms with Gasteiger partial charge in [0.1, 0.15) is 6.61 Å². The predicted molar refractivity (Wildman–Crippen MR) is 118 cm³/mol. The van der Waals surface area contributed by atoms with Gasteiger partial charge < -0.3 is 19.4 Å². The first kappa shape index (κ1) is 20.6. The Morgan fingerprint density at radius 2 is 1.37 bits per heavy atom. The van der Waals surface area contributed by atoms with Gasteiger partial charge in [-0.25, -0.2) is 0 Å². The van der Waals surface area contributed by atoms with Gasteiger partial charge in [-0.1, -0.05) is 43.2 Å². The summed E-state index contributed by atoms with van der Waals surface area (Å²) in [5.74, 6) is 1.92. The van der Waals surface area contributed by atoms with E-state index in [4.69, 9.17) is 4.74 Å². The van der Waals surface area contributed by atoms with Crippen molar-refractivity contribution in [2.24, 2.45) is 0 Å². The molecule has 0 radical (unpaired) electrons. The lowest BCUT2D eigenvalue weighted by atomic mass is 10.2. The van der Waals surface area contributed by atoms with Crippen LogP contribution in [0.25, 0.3) is 0 Å². The van der Waals surface area contributed by atoms with E-state index in [1.54, 1.807) is 0 Å². The minimum absolute atomic E-state index is 0.0492. The summed E-state index contributed by atoms with van der Waals surface area (Å²) in [5.41, 5.74) is 1.08. The van der Waals surface area contributed by atoms with Gasteiger partial charge in [-0.15, -0.1) is 10.2 Å². The number of piperazine rings is 1. The molecule has 7 nitrogen and oxygen atoms in total. The van der Waals surface area contributed by atoms with Crippen molar-refractivity contribution in [3.8, 4) is 0 Å². The van der Waals surface area contributed by atoms with Gasteiger partial charge in [-0.05, 0) is 30.5 Å². The van der Waals surface area contributed by atoms with Gasteiger partial charge in [0.25, 0.3) is 0 Å². The third kappa shape index (κ3) is 5.48. The number of amides is 1. The lowest BCUT2D eigenvalue weighted by molar-refractivity contribution is -0.136. The molecule has 2 saturated heterocycles. The molecule has 0 spiro atoms. The fourth-order valence-corrected chi connectivity index (χ4v) is 4.06. The second kappa shape index (κ2) is 10.4. The number of anilines is 2. The fourth-order valence-electron chi connectivity index (χ4n) is 4.06. The maximum atomic E-state index is 12.4. The molecule has 0 N–H and O–H groups in total. The predicted octanol–water partition coefficient (Wildman–Crippen LogP) is 2.72. The third-order valence-electron chi connectivity index (χ3n) is 5.86. The van der Waals surface area contributed by atoms with Gasteiger partial charge in [0.05, 0.1) is 6.61 Å². The van der Waals surface area contributed by atoms with Crippen LogP contribution in [0, 0.1) is 0 Å². The second-order valence-corrected chi connectivity index (χ2v) is 8.00. The van der Waals surface area contributed by atoms with Crippen LogP contribution in [-0.4, -0.2) is 66.9 Å². The molecule has 1 aromatic carbocycles. The summed E-state index contributed by atoms with van der Waals surface area (Å²) >= 11 is 0. The first-order chi connectivity index (χ1) is 14.8. The molecule has 4 rings (SSSR count). The number of ether oxygens (including phenoxy) is 1. The molecule has 2 aliphatic rings. The highest BCUT2D eigenvalue weighted by atomic mass is 16.5. The van der Waals surface area contributed by atoms with Crippen molar-refractivity contribution in [1.29, 1.82) is 0 Å². The van der Waals surface area contributed by atoms with Gasteiger partial charge in [0.15, 0.2) is 11.6 Å². The number of rotatable bonds is 6. The van der Waals surface area contributed by atoms with Gasteiger partial charge >= 0.3 is 0 Å². The quantitative estimate of drug-likeness (QED) is 0.731. The largest absolute Gasteiger partial charge is 0.367 e.